The molecule has 0 atom stereocenters. The van der Waals surface area contributed by atoms with Crippen LogP contribution in [0.1, 0.15) is 20.3 Å². The van der Waals surface area contributed by atoms with Crippen molar-refractivity contribution in [1.82, 2.24) is 0 Å². The summed E-state index contributed by atoms with van der Waals surface area (Å²) in [5.41, 5.74) is 5.85. The van der Waals surface area contributed by atoms with Crippen LogP contribution in [0.25, 0.3) is 0 Å². The number of ether oxygens (including phenoxy) is 1. The quantitative estimate of drug-likeness (QED) is 0.321. The van der Waals surface area contributed by atoms with Crippen LogP contribution in [0.2, 0.25) is 0 Å². The van der Waals surface area contributed by atoms with Gasteiger partial charge in [-0.2, -0.15) is 0 Å². The molecule has 16 heavy (non-hydrogen) atoms. The van der Waals surface area contributed by atoms with Crippen molar-refractivity contribution in [2.24, 2.45) is 5.73 Å². The van der Waals surface area contributed by atoms with Gasteiger partial charge in [-0.05, 0) is 13.8 Å². The van der Waals surface area contributed by atoms with Crippen LogP contribution in [0.5, 0.6) is 0 Å². The topological polar surface area (TPSA) is 86.5 Å². The zero-order valence-corrected chi connectivity index (χ0v) is 9.97. The van der Waals surface area contributed by atoms with E-state index in [2.05, 4.69) is 0 Å². The van der Waals surface area contributed by atoms with Crippen LogP contribution in [0.15, 0.2) is 11.3 Å². The van der Waals surface area contributed by atoms with Gasteiger partial charge in [0.25, 0.3) is 0 Å². The summed E-state index contributed by atoms with van der Waals surface area (Å²) in [5, 5.41) is 0. The molecule has 0 aromatic carbocycles. The number of halogens is 1. The Morgan fingerprint density at radius 2 is 1.81 bits per heavy atom. The van der Waals surface area contributed by atoms with Crippen molar-refractivity contribution < 1.29 is 19.1 Å². The molecule has 0 aliphatic carbocycles. The van der Waals surface area contributed by atoms with Crippen LogP contribution in [0, 0.1) is 0 Å². The number of nitrogens with two attached hydrogens (primary N) is 1. The van der Waals surface area contributed by atoms with E-state index in [4.69, 9.17) is 22.1 Å². The van der Waals surface area contributed by atoms with Gasteiger partial charge >= 0.3 is 5.97 Å². The molecule has 0 fully saturated rings. The van der Waals surface area contributed by atoms with Crippen molar-refractivity contribution in [3.05, 3.63) is 11.3 Å². The zero-order valence-electron chi connectivity index (χ0n) is 9.21. The zero-order chi connectivity index (χ0) is 12.7. The Bertz CT molecular complexity index is 332. The second kappa shape index (κ2) is 7.00. The Labute approximate surface area is 98.6 Å². The van der Waals surface area contributed by atoms with Gasteiger partial charge in [0.05, 0.1) is 11.5 Å². The van der Waals surface area contributed by atoms with Gasteiger partial charge in [0.1, 0.15) is 18.8 Å². The van der Waals surface area contributed by atoms with Gasteiger partial charge < -0.3 is 10.5 Å². The van der Waals surface area contributed by atoms with Crippen molar-refractivity contribution in [2.45, 2.75) is 20.3 Å². The fraction of sp³-hybridized carbons (Fsp3) is 0.500. The molecule has 0 radical (unpaired) electrons. The number of carbonyl (C=O) groups excluding carboxylic acids is 3. The monoisotopic (exact) mass is 247 g/mol. The van der Waals surface area contributed by atoms with Crippen molar-refractivity contribution in [3.63, 3.8) is 0 Å². The van der Waals surface area contributed by atoms with Crippen LogP contribution >= 0.6 is 11.6 Å². The van der Waals surface area contributed by atoms with Crippen molar-refractivity contribution in [1.29, 1.82) is 0 Å². The minimum absolute atomic E-state index is 0.159. The fourth-order valence-corrected chi connectivity index (χ4v) is 1.06. The van der Waals surface area contributed by atoms with Gasteiger partial charge in [-0.3, -0.25) is 14.4 Å². The first kappa shape index (κ1) is 14.6. The summed E-state index contributed by atoms with van der Waals surface area (Å²) < 4.78 is 4.72. The average Bonchev–Trinajstić information content (AvgIpc) is 2.15. The highest BCUT2D eigenvalue weighted by atomic mass is 35.5. The third kappa shape index (κ3) is 5.50. The first-order chi connectivity index (χ1) is 7.38. The first-order valence-electron chi connectivity index (χ1n) is 4.58. The number of Topliss-reactive ketones (excluding diaryl/α,β-unsaturated/α-hetero) is 2. The Morgan fingerprint density at radius 3 is 2.19 bits per heavy atom. The summed E-state index contributed by atoms with van der Waals surface area (Å²) in [6.45, 7) is 2.54. The molecule has 0 saturated carbocycles. The van der Waals surface area contributed by atoms with E-state index in [1.165, 1.54) is 13.8 Å². The normalized spacial score (nSPS) is 11.7. The maximum Gasteiger partial charge on any atom is 0.313 e. The van der Waals surface area contributed by atoms with E-state index in [0.717, 1.165) is 0 Å². The predicted molar refractivity (Wildman–Crippen MR) is 58.9 cm³/mol. The largest absolute Gasteiger partial charge is 0.460 e. The van der Waals surface area contributed by atoms with E-state index in [1.54, 1.807) is 0 Å². The summed E-state index contributed by atoms with van der Waals surface area (Å²) >= 11 is 5.36. The number of alkyl halides is 1. The Balaban J connectivity index is 4.36. The van der Waals surface area contributed by atoms with Gasteiger partial charge in [0, 0.05) is 5.70 Å². The summed E-state index contributed by atoms with van der Waals surface area (Å²) in [6.07, 6.45) is -0.314. The molecule has 0 spiro atoms. The Kier molecular flexibility index (Phi) is 6.41. The lowest BCUT2D eigenvalue weighted by molar-refractivity contribution is -0.144. The van der Waals surface area contributed by atoms with Crippen LogP contribution in [-0.4, -0.2) is 30.0 Å². The molecule has 2 N–H and O–H groups in total. The second-order valence-electron chi connectivity index (χ2n) is 3.26. The lowest BCUT2D eigenvalue weighted by Gasteiger charge is -2.07. The van der Waals surface area contributed by atoms with Gasteiger partial charge in [-0.15, -0.1) is 11.6 Å². The highest BCUT2D eigenvalue weighted by molar-refractivity contribution is 6.30. The highest BCUT2D eigenvalue weighted by Crippen LogP contribution is 2.04. The fourth-order valence-electron chi connectivity index (χ4n) is 0.902. The third-order valence-electron chi connectivity index (χ3n) is 1.70. The SMILES string of the molecule is CC(=O)CC(=O)OC/C(C(=O)CCl)=C(/C)N. The van der Waals surface area contributed by atoms with Gasteiger partial charge in [-0.25, -0.2) is 0 Å². The van der Waals surface area contributed by atoms with Gasteiger partial charge in [-0.1, -0.05) is 0 Å². The van der Waals surface area contributed by atoms with Crippen molar-refractivity contribution in [2.75, 3.05) is 12.5 Å². The van der Waals surface area contributed by atoms with E-state index in [-0.39, 0.29) is 36.0 Å². The Morgan fingerprint density at radius 1 is 1.25 bits per heavy atom. The Hall–Kier alpha value is -1.36. The minimum Gasteiger partial charge on any atom is -0.460 e. The molecular formula is C10H14ClNO4. The molecule has 5 nitrogen and oxygen atoms in total. The summed E-state index contributed by atoms with van der Waals surface area (Å²) in [4.78, 5) is 32.9. The van der Waals surface area contributed by atoms with Crippen molar-refractivity contribution >= 4 is 29.1 Å². The molecule has 0 rings (SSSR count). The minimum atomic E-state index is -0.686. The molecule has 0 unspecified atom stereocenters. The molecule has 0 aromatic rings. The highest BCUT2D eigenvalue weighted by Gasteiger charge is 2.14. The second-order valence-corrected chi connectivity index (χ2v) is 3.53. The number of hydrogen-bond acceptors (Lipinski definition) is 5. The molecule has 0 heterocycles. The van der Waals surface area contributed by atoms with Crippen molar-refractivity contribution in [3.8, 4) is 0 Å². The molecule has 0 saturated heterocycles. The number of rotatable bonds is 6. The van der Waals surface area contributed by atoms with Crippen LogP contribution < -0.4 is 5.73 Å². The van der Waals surface area contributed by atoms with Crippen LogP contribution in [0.3, 0.4) is 0 Å². The maximum atomic E-state index is 11.3. The van der Waals surface area contributed by atoms with Gasteiger partial charge in [0.2, 0.25) is 0 Å². The number of ketones is 2. The van der Waals surface area contributed by atoms with E-state index >= 15 is 0 Å². The van der Waals surface area contributed by atoms with Crippen LogP contribution in [0.4, 0.5) is 0 Å². The van der Waals surface area contributed by atoms with Crippen LogP contribution in [-0.2, 0) is 19.1 Å². The standard InChI is InChI=1S/C10H14ClNO4/c1-6(13)3-10(15)16-5-8(7(2)12)9(14)4-11/h3-5,12H2,1-2H3/b8-7+. The molecular weight excluding hydrogens is 234 g/mol. The molecule has 0 aliphatic heterocycles. The van der Waals surface area contributed by atoms with E-state index in [9.17, 15) is 14.4 Å². The predicted octanol–water partition coefficient (Wildman–Crippen LogP) is 0.549. The number of carbonyl (C=O) groups is 3. The molecule has 0 amide bonds. The smallest absolute Gasteiger partial charge is 0.313 e. The van der Waals surface area contributed by atoms with E-state index in [1.807, 2.05) is 0 Å². The average molecular weight is 248 g/mol. The number of esters is 1. The molecule has 0 aromatic heterocycles. The maximum absolute atomic E-state index is 11.3. The molecule has 6 heteroatoms. The van der Waals surface area contributed by atoms with Gasteiger partial charge in [0.15, 0.2) is 5.78 Å². The van der Waals surface area contributed by atoms with E-state index < -0.39 is 11.8 Å². The number of hydrogen-bond donors (Lipinski definition) is 1. The third-order valence-corrected chi connectivity index (χ3v) is 1.95. The molecule has 90 valence electrons. The molecule has 0 bridgehead atoms. The van der Waals surface area contributed by atoms with E-state index in [0.29, 0.717) is 0 Å². The lowest BCUT2D eigenvalue weighted by atomic mass is 10.1. The summed E-state index contributed by atoms with van der Waals surface area (Å²) in [7, 11) is 0. The lowest BCUT2D eigenvalue weighted by Crippen LogP contribution is -2.19. The molecule has 0 aliphatic rings. The first-order valence-corrected chi connectivity index (χ1v) is 5.11. The summed E-state index contributed by atoms with van der Waals surface area (Å²) in [6, 6.07) is 0. The summed E-state index contributed by atoms with van der Waals surface area (Å²) in [5.74, 6) is -1.61. The number of allylic oxidation sites excluding steroid dienone is 1.